The summed E-state index contributed by atoms with van der Waals surface area (Å²) in [7, 11) is 0. The van der Waals surface area contributed by atoms with Gasteiger partial charge in [0.1, 0.15) is 11.7 Å². The molecular formula is C15H20O5. The number of aldehydes is 1. The van der Waals surface area contributed by atoms with Gasteiger partial charge in [0, 0.05) is 6.61 Å². The zero-order valence-electron chi connectivity index (χ0n) is 11.4. The van der Waals surface area contributed by atoms with E-state index >= 15 is 0 Å². The molecule has 0 saturated heterocycles. The fourth-order valence-corrected chi connectivity index (χ4v) is 3.03. The Morgan fingerprint density at radius 1 is 1.30 bits per heavy atom. The van der Waals surface area contributed by atoms with E-state index in [1.165, 1.54) is 0 Å². The summed E-state index contributed by atoms with van der Waals surface area (Å²) in [6.45, 7) is 1.59. The Morgan fingerprint density at radius 2 is 1.95 bits per heavy atom. The maximum atomic E-state index is 11.3. The van der Waals surface area contributed by atoms with E-state index in [2.05, 4.69) is 0 Å². The van der Waals surface area contributed by atoms with Crippen LogP contribution in [0.2, 0.25) is 0 Å². The van der Waals surface area contributed by atoms with Crippen molar-refractivity contribution in [2.24, 2.45) is 0 Å². The van der Waals surface area contributed by atoms with Crippen molar-refractivity contribution in [3.05, 3.63) is 35.9 Å². The third-order valence-corrected chi connectivity index (χ3v) is 3.90. The lowest BCUT2D eigenvalue weighted by atomic mass is 9.54. The molecule has 2 rings (SSSR count). The van der Waals surface area contributed by atoms with Crippen LogP contribution < -0.4 is 0 Å². The van der Waals surface area contributed by atoms with Crippen molar-refractivity contribution in [1.29, 1.82) is 0 Å². The molecule has 0 aromatic heterocycles. The van der Waals surface area contributed by atoms with Gasteiger partial charge in [-0.3, -0.25) is 0 Å². The third kappa shape index (κ3) is 2.07. The second-order valence-electron chi connectivity index (χ2n) is 5.25. The molecule has 5 nitrogen and oxygen atoms in total. The van der Waals surface area contributed by atoms with E-state index < -0.39 is 29.8 Å². The van der Waals surface area contributed by atoms with E-state index in [0.717, 1.165) is 0 Å². The van der Waals surface area contributed by atoms with Crippen molar-refractivity contribution in [3.63, 3.8) is 0 Å². The highest BCUT2D eigenvalue weighted by Gasteiger charge is 2.72. The molecule has 1 aromatic carbocycles. The summed E-state index contributed by atoms with van der Waals surface area (Å²) in [4.78, 5) is 11.3. The summed E-state index contributed by atoms with van der Waals surface area (Å²) in [6, 6.07) is 8.70. The highest BCUT2D eigenvalue weighted by atomic mass is 16.5. The molecule has 0 spiro atoms. The van der Waals surface area contributed by atoms with Crippen LogP contribution in [0.15, 0.2) is 30.3 Å². The van der Waals surface area contributed by atoms with Crippen LogP contribution in [0.5, 0.6) is 0 Å². The van der Waals surface area contributed by atoms with Crippen LogP contribution in [0.4, 0.5) is 0 Å². The van der Waals surface area contributed by atoms with Crippen molar-refractivity contribution in [2.45, 2.75) is 36.6 Å². The molecule has 3 N–H and O–H groups in total. The van der Waals surface area contributed by atoms with Gasteiger partial charge in [-0.1, -0.05) is 37.3 Å². The van der Waals surface area contributed by atoms with Gasteiger partial charge >= 0.3 is 0 Å². The first-order valence-electron chi connectivity index (χ1n) is 6.73. The zero-order valence-corrected chi connectivity index (χ0v) is 11.4. The maximum Gasteiger partial charge on any atom is 0.158 e. The number of hydrogen-bond acceptors (Lipinski definition) is 5. The Labute approximate surface area is 117 Å². The quantitative estimate of drug-likeness (QED) is 0.649. The Kier molecular flexibility index (Phi) is 4.25. The number of aliphatic hydroxyl groups is 3. The number of rotatable bonds is 6. The summed E-state index contributed by atoms with van der Waals surface area (Å²) in [6.07, 6.45) is -0.0411. The molecule has 110 valence electrons. The molecule has 0 heterocycles. The Hall–Kier alpha value is -1.27. The Morgan fingerprint density at radius 3 is 2.45 bits per heavy atom. The molecule has 1 saturated carbocycles. The SMILES string of the molecule is CCCO[C@@H]1[C@@](O)(C=O)C(c2ccccc2)[C@@]1(O)CO. The van der Waals surface area contributed by atoms with Gasteiger partial charge in [-0.05, 0) is 12.0 Å². The molecule has 0 bridgehead atoms. The molecule has 1 aliphatic rings. The number of hydrogen-bond donors (Lipinski definition) is 3. The summed E-state index contributed by atoms with van der Waals surface area (Å²) < 4.78 is 5.40. The minimum Gasteiger partial charge on any atom is -0.393 e. The Balaban J connectivity index is 2.37. The lowest BCUT2D eigenvalue weighted by molar-refractivity contribution is -0.295. The number of carbonyl (C=O) groups excluding carboxylic acids is 1. The first kappa shape index (κ1) is 15.1. The molecule has 0 aliphatic heterocycles. The van der Waals surface area contributed by atoms with Gasteiger partial charge in [0.05, 0.1) is 12.5 Å². The number of carbonyl (C=O) groups is 1. The van der Waals surface area contributed by atoms with E-state index in [1.54, 1.807) is 30.3 Å². The molecule has 1 aliphatic carbocycles. The van der Waals surface area contributed by atoms with Gasteiger partial charge in [0.2, 0.25) is 0 Å². The topological polar surface area (TPSA) is 87.0 Å². The summed E-state index contributed by atoms with van der Waals surface area (Å²) in [5.41, 5.74) is -2.89. The zero-order chi connectivity index (χ0) is 14.8. The van der Waals surface area contributed by atoms with Crippen LogP contribution in [0.3, 0.4) is 0 Å². The lowest BCUT2D eigenvalue weighted by Gasteiger charge is -2.59. The van der Waals surface area contributed by atoms with Crippen LogP contribution >= 0.6 is 0 Å². The van der Waals surface area contributed by atoms with Crippen molar-refractivity contribution >= 4 is 6.29 Å². The molecule has 20 heavy (non-hydrogen) atoms. The molecule has 4 atom stereocenters. The van der Waals surface area contributed by atoms with Crippen LogP contribution in [-0.4, -0.2) is 52.1 Å². The van der Waals surface area contributed by atoms with E-state index in [1.807, 2.05) is 6.92 Å². The second-order valence-corrected chi connectivity index (χ2v) is 5.25. The minimum absolute atomic E-state index is 0.296. The fourth-order valence-electron chi connectivity index (χ4n) is 3.03. The molecule has 1 fully saturated rings. The van der Waals surface area contributed by atoms with Gasteiger partial charge in [-0.25, -0.2) is 0 Å². The number of benzene rings is 1. The highest BCUT2D eigenvalue weighted by molar-refractivity contribution is 5.71. The van der Waals surface area contributed by atoms with Gasteiger partial charge in [0.25, 0.3) is 0 Å². The lowest BCUT2D eigenvalue weighted by Crippen LogP contribution is -2.79. The van der Waals surface area contributed by atoms with E-state index in [4.69, 9.17) is 4.74 Å². The fraction of sp³-hybridized carbons (Fsp3) is 0.533. The van der Waals surface area contributed by atoms with Gasteiger partial charge in [-0.2, -0.15) is 0 Å². The molecule has 5 heteroatoms. The number of aliphatic hydroxyl groups excluding tert-OH is 1. The normalized spacial score (nSPS) is 36.4. The average Bonchev–Trinajstić information content (AvgIpc) is 2.48. The van der Waals surface area contributed by atoms with Crippen molar-refractivity contribution in [1.82, 2.24) is 0 Å². The maximum absolute atomic E-state index is 11.3. The van der Waals surface area contributed by atoms with E-state index in [-0.39, 0.29) is 0 Å². The Bertz CT molecular complexity index is 463. The van der Waals surface area contributed by atoms with Gasteiger partial charge < -0.3 is 24.9 Å². The minimum atomic E-state index is -1.83. The molecular weight excluding hydrogens is 260 g/mol. The van der Waals surface area contributed by atoms with Crippen molar-refractivity contribution < 1.29 is 24.9 Å². The molecule has 0 radical (unpaired) electrons. The predicted octanol–water partition coefficient (Wildman–Crippen LogP) is 0.232. The monoisotopic (exact) mass is 280 g/mol. The molecule has 1 unspecified atom stereocenters. The van der Waals surface area contributed by atoms with Crippen molar-refractivity contribution in [3.8, 4) is 0 Å². The first-order chi connectivity index (χ1) is 9.54. The summed E-state index contributed by atoms with van der Waals surface area (Å²) in [5.74, 6) is -0.902. The molecule has 1 aromatic rings. The van der Waals surface area contributed by atoms with Crippen LogP contribution in [0.1, 0.15) is 24.8 Å². The van der Waals surface area contributed by atoms with Gasteiger partial charge in [-0.15, -0.1) is 0 Å². The highest BCUT2D eigenvalue weighted by Crippen LogP contribution is 2.54. The largest absolute Gasteiger partial charge is 0.393 e. The second kappa shape index (κ2) is 5.61. The number of ether oxygens (including phenoxy) is 1. The summed E-state index contributed by atoms with van der Waals surface area (Å²) >= 11 is 0. The smallest absolute Gasteiger partial charge is 0.158 e. The van der Waals surface area contributed by atoms with Gasteiger partial charge in [0.15, 0.2) is 11.9 Å². The standard InChI is InChI=1S/C15H20O5/c1-2-8-20-13-14(18,9-16)12(15(13,19)10-17)11-6-4-3-5-7-11/h3-7,9,12-13,17-19H,2,8,10H2,1H3/t12?,13-,14-,15+/m1/s1. The third-order valence-electron chi connectivity index (χ3n) is 3.90. The summed E-state index contributed by atoms with van der Waals surface area (Å²) in [5, 5.41) is 30.6. The van der Waals surface area contributed by atoms with E-state index in [0.29, 0.717) is 24.9 Å². The predicted molar refractivity (Wildman–Crippen MR) is 72.3 cm³/mol. The molecule has 0 amide bonds. The van der Waals surface area contributed by atoms with Crippen LogP contribution in [0.25, 0.3) is 0 Å². The van der Waals surface area contributed by atoms with Crippen LogP contribution in [0, 0.1) is 0 Å². The average molecular weight is 280 g/mol. The van der Waals surface area contributed by atoms with E-state index in [9.17, 15) is 20.1 Å². The van der Waals surface area contributed by atoms with Crippen LogP contribution in [-0.2, 0) is 9.53 Å². The van der Waals surface area contributed by atoms with Crippen molar-refractivity contribution in [2.75, 3.05) is 13.2 Å². The first-order valence-corrected chi connectivity index (χ1v) is 6.73.